The molecule has 6 nitrogen and oxygen atoms in total. The quantitative estimate of drug-likeness (QED) is 0.482. The summed E-state index contributed by atoms with van der Waals surface area (Å²) in [7, 11) is 1.60. The van der Waals surface area contributed by atoms with Gasteiger partial charge in [-0.05, 0) is 42.0 Å². The number of hydrogen-bond donors (Lipinski definition) is 0. The average molecular weight is 456 g/mol. The van der Waals surface area contributed by atoms with E-state index in [2.05, 4.69) is 16.0 Å². The zero-order valence-electron chi connectivity index (χ0n) is 18.0. The van der Waals surface area contributed by atoms with Crippen LogP contribution in [-0.2, 0) is 11.3 Å². The molecule has 1 aliphatic rings. The number of carbonyl (C=O) groups is 1. The second kappa shape index (κ2) is 10.7. The van der Waals surface area contributed by atoms with Crippen LogP contribution in [0.4, 0.5) is 4.39 Å². The van der Waals surface area contributed by atoms with Crippen molar-refractivity contribution in [3.8, 4) is 16.3 Å². The summed E-state index contributed by atoms with van der Waals surface area (Å²) in [5.41, 5.74) is 1.38. The Morgan fingerprint density at radius 2 is 1.94 bits per heavy atom. The molecule has 32 heavy (non-hydrogen) atoms. The Kier molecular flexibility index (Phi) is 7.47. The van der Waals surface area contributed by atoms with E-state index in [9.17, 15) is 9.18 Å². The minimum Gasteiger partial charge on any atom is -0.475 e. The molecule has 168 valence electrons. The minimum absolute atomic E-state index is 0.0605. The molecule has 4 rings (SSSR count). The number of nitrogens with zero attached hydrogens (tertiary/aromatic N) is 3. The molecule has 0 spiro atoms. The number of piperazine rings is 1. The fraction of sp³-hybridized carbons (Fsp3) is 0.333. The fourth-order valence-corrected chi connectivity index (χ4v) is 4.70. The molecule has 3 heterocycles. The molecule has 2 aromatic heterocycles. The van der Waals surface area contributed by atoms with E-state index in [-0.39, 0.29) is 11.7 Å². The van der Waals surface area contributed by atoms with Crippen molar-refractivity contribution in [2.24, 2.45) is 0 Å². The molecule has 3 aromatic rings. The van der Waals surface area contributed by atoms with Gasteiger partial charge < -0.3 is 14.4 Å². The molecule has 0 saturated carbocycles. The van der Waals surface area contributed by atoms with Gasteiger partial charge >= 0.3 is 0 Å². The Morgan fingerprint density at radius 3 is 2.72 bits per heavy atom. The maximum absolute atomic E-state index is 13.5. The summed E-state index contributed by atoms with van der Waals surface area (Å²) >= 11 is 1.68. The third-order valence-corrected chi connectivity index (χ3v) is 6.46. The predicted octanol–water partition coefficient (Wildman–Crippen LogP) is 3.93. The highest BCUT2D eigenvalue weighted by molar-refractivity contribution is 7.15. The smallest absolute Gasteiger partial charge is 0.259 e. The number of aromatic nitrogens is 1. The Bertz CT molecular complexity index is 1050. The van der Waals surface area contributed by atoms with Crippen molar-refractivity contribution in [2.75, 3.05) is 46.5 Å². The highest BCUT2D eigenvalue weighted by Gasteiger charge is 2.25. The zero-order valence-corrected chi connectivity index (χ0v) is 18.8. The molecule has 1 fully saturated rings. The number of ether oxygens (including phenoxy) is 2. The molecule has 0 atom stereocenters. The molecule has 1 aromatic carbocycles. The Labute approximate surface area is 191 Å². The Hall–Kier alpha value is -2.81. The van der Waals surface area contributed by atoms with Crippen LogP contribution in [0.5, 0.6) is 5.88 Å². The largest absolute Gasteiger partial charge is 0.475 e. The van der Waals surface area contributed by atoms with Crippen LogP contribution in [0, 0.1) is 5.82 Å². The molecule has 0 radical (unpaired) electrons. The van der Waals surface area contributed by atoms with E-state index in [0.717, 1.165) is 30.1 Å². The van der Waals surface area contributed by atoms with E-state index in [4.69, 9.17) is 9.47 Å². The number of carbonyl (C=O) groups excluding carboxylic acids is 1. The van der Waals surface area contributed by atoms with Gasteiger partial charge in [-0.3, -0.25) is 9.69 Å². The Morgan fingerprint density at radius 1 is 1.09 bits per heavy atom. The lowest BCUT2D eigenvalue weighted by molar-refractivity contribution is 0.0622. The van der Waals surface area contributed by atoms with Crippen molar-refractivity contribution >= 4 is 17.2 Å². The average Bonchev–Trinajstić information content (AvgIpc) is 3.28. The van der Waals surface area contributed by atoms with Crippen LogP contribution < -0.4 is 4.74 Å². The first-order valence-electron chi connectivity index (χ1n) is 10.6. The number of methoxy groups -OCH3 is 1. The minimum atomic E-state index is -0.223. The highest BCUT2D eigenvalue weighted by Crippen LogP contribution is 2.29. The lowest BCUT2D eigenvalue weighted by Gasteiger charge is -2.34. The van der Waals surface area contributed by atoms with E-state index in [1.165, 1.54) is 10.9 Å². The van der Waals surface area contributed by atoms with Crippen molar-refractivity contribution in [1.82, 2.24) is 14.8 Å². The molecule has 0 aliphatic carbocycles. The van der Waals surface area contributed by atoms with Crippen LogP contribution in [-0.4, -0.2) is 67.2 Å². The normalized spacial score (nSPS) is 14.5. The summed E-state index contributed by atoms with van der Waals surface area (Å²) in [6.45, 7) is 4.48. The first-order valence-corrected chi connectivity index (χ1v) is 11.4. The third-order valence-electron chi connectivity index (χ3n) is 5.34. The van der Waals surface area contributed by atoms with Crippen LogP contribution in [0.3, 0.4) is 0 Å². The van der Waals surface area contributed by atoms with E-state index in [1.807, 2.05) is 17.0 Å². The number of halogens is 1. The van der Waals surface area contributed by atoms with Crippen LogP contribution in [0.1, 0.15) is 15.2 Å². The van der Waals surface area contributed by atoms with Crippen molar-refractivity contribution in [3.63, 3.8) is 0 Å². The predicted molar refractivity (Wildman–Crippen MR) is 123 cm³/mol. The molecule has 1 saturated heterocycles. The van der Waals surface area contributed by atoms with Gasteiger partial charge in [0.25, 0.3) is 5.91 Å². The topological polar surface area (TPSA) is 54.9 Å². The second-order valence-corrected chi connectivity index (χ2v) is 8.71. The molecule has 1 amide bonds. The first kappa shape index (κ1) is 22.4. The van der Waals surface area contributed by atoms with Gasteiger partial charge in [0, 0.05) is 55.8 Å². The molecule has 1 aliphatic heterocycles. The van der Waals surface area contributed by atoms with Gasteiger partial charge in [0.1, 0.15) is 18.0 Å². The third kappa shape index (κ3) is 5.51. The van der Waals surface area contributed by atoms with Gasteiger partial charge in [0.15, 0.2) is 0 Å². The van der Waals surface area contributed by atoms with Crippen LogP contribution >= 0.6 is 11.3 Å². The van der Waals surface area contributed by atoms with Gasteiger partial charge in [-0.15, -0.1) is 11.3 Å². The summed E-state index contributed by atoms with van der Waals surface area (Å²) in [4.78, 5) is 23.7. The van der Waals surface area contributed by atoms with Crippen molar-refractivity contribution in [1.29, 1.82) is 0 Å². The van der Waals surface area contributed by atoms with E-state index in [1.54, 1.807) is 48.9 Å². The van der Waals surface area contributed by atoms with E-state index >= 15 is 0 Å². The SMILES string of the molecule is COCCOc1ncccc1C(=O)N1CCN(Cc2ccc(-c3cccc(F)c3)s2)CC1. The summed E-state index contributed by atoms with van der Waals surface area (Å²) in [5.74, 6) is 0.0641. The summed E-state index contributed by atoms with van der Waals surface area (Å²) in [5, 5.41) is 0. The van der Waals surface area contributed by atoms with Gasteiger partial charge in [0.2, 0.25) is 5.88 Å². The van der Waals surface area contributed by atoms with Crippen molar-refractivity contribution in [3.05, 3.63) is 71.0 Å². The number of amides is 1. The maximum atomic E-state index is 13.5. The molecular weight excluding hydrogens is 429 g/mol. The summed E-state index contributed by atoms with van der Waals surface area (Å²) in [6.07, 6.45) is 1.62. The standard InChI is InChI=1S/C24H26FN3O3S/c1-30-14-15-31-23-21(6-3-9-26-23)24(29)28-12-10-27(11-13-28)17-20-7-8-22(32-20)18-4-2-5-19(25)16-18/h2-9,16H,10-15,17H2,1H3. The second-order valence-electron chi connectivity index (χ2n) is 7.54. The monoisotopic (exact) mass is 455 g/mol. The number of pyridine rings is 1. The lowest BCUT2D eigenvalue weighted by Crippen LogP contribution is -2.48. The molecule has 8 heteroatoms. The number of thiophene rings is 1. The molecule has 0 bridgehead atoms. The van der Waals surface area contributed by atoms with Gasteiger partial charge in [-0.25, -0.2) is 9.37 Å². The van der Waals surface area contributed by atoms with Gasteiger partial charge in [-0.2, -0.15) is 0 Å². The lowest BCUT2D eigenvalue weighted by atomic mass is 10.2. The van der Waals surface area contributed by atoms with Gasteiger partial charge in [-0.1, -0.05) is 12.1 Å². The van der Waals surface area contributed by atoms with Crippen LogP contribution in [0.15, 0.2) is 54.7 Å². The van der Waals surface area contributed by atoms with Crippen molar-refractivity contribution in [2.45, 2.75) is 6.54 Å². The maximum Gasteiger partial charge on any atom is 0.259 e. The molecule has 0 N–H and O–H groups in total. The van der Waals surface area contributed by atoms with E-state index < -0.39 is 0 Å². The zero-order chi connectivity index (χ0) is 22.3. The molecule has 0 unspecified atom stereocenters. The van der Waals surface area contributed by atoms with Crippen LogP contribution in [0.2, 0.25) is 0 Å². The fourth-order valence-electron chi connectivity index (χ4n) is 3.65. The Balaban J connectivity index is 1.33. The number of rotatable bonds is 8. The molecular formula is C24H26FN3O3S. The number of hydrogen-bond acceptors (Lipinski definition) is 6. The first-order chi connectivity index (χ1) is 15.6. The van der Waals surface area contributed by atoms with E-state index in [0.29, 0.717) is 37.7 Å². The summed E-state index contributed by atoms with van der Waals surface area (Å²) < 4.78 is 24.1. The number of benzene rings is 1. The summed E-state index contributed by atoms with van der Waals surface area (Å²) in [6, 6.07) is 14.3. The van der Waals surface area contributed by atoms with Crippen molar-refractivity contribution < 1.29 is 18.7 Å². The highest BCUT2D eigenvalue weighted by atomic mass is 32.1. The van der Waals surface area contributed by atoms with Gasteiger partial charge in [0.05, 0.1) is 6.61 Å². The van der Waals surface area contributed by atoms with Crippen LogP contribution in [0.25, 0.3) is 10.4 Å².